The third-order valence-electron chi connectivity index (χ3n) is 3.34. The molecule has 0 unspecified atom stereocenters. The second-order valence-electron chi connectivity index (χ2n) is 4.69. The fourth-order valence-electron chi connectivity index (χ4n) is 2.36. The summed E-state index contributed by atoms with van der Waals surface area (Å²) >= 11 is 0. The van der Waals surface area contributed by atoms with Crippen molar-refractivity contribution in [2.24, 2.45) is 5.73 Å². The molecule has 1 fully saturated rings. The first kappa shape index (κ1) is 12.4. The van der Waals surface area contributed by atoms with Gasteiger partial charge in [0.05, 0.1) is 6.10 Å². The number of rotatable bonds is 3. The molecule has 0 spiro atoms. The number of benzene rings is 1. The van der Waals surface area contributed by atoms with E-state index in [1.54, 1.807) is 6.07 Å². The summed E-state index contributed by atoms with van der Waals surface area (Å²) in [5, 5.41) is 0. The van der Waals surface area contributed by atoms with Crippen LogP contribution in [0.3, 0.4) is 0 Å². The second kappa shape index (κ2) is 6.01. The van der Waals surface area contributed by atoms with Crippen LogP contribution in [0.2, 0.25) is 0 Å². The lowest BCUT2D eigenvalue weighted by molar-refractivity contribution is 0.182. The molecule has 2 N–H and O–H groups in total. The van der Waals surface area contributed by atoms with E-state index in [1.165, 1.54) is 37.8 Å². The Balaban J connectivity index is 2.06. The SMILES string of the molecule is NCc1cc(F)ccc1OC1CCCCCC1. The van der Waals surface area contributed by atoms with Gasteiger partial charge in [-0.2, -0.15) is 0 Å². The highest BCUT2D eigenvalue weighted by atomic mass is 19.1. The minimum absolute atomic E-state index is 0.251. The number of ether oxygens (including phenoxy) is 1. The van der Waals surface area contributed by atoms with Crippen molar-refractivity contribution in [2.75, 3.05) is 0 Å². The summed E-state index contributed by atoms with van der Waals surface area (Å²) in [5.74, 6) is 0.500. The highest BCUT2D eigenvalue weighted by molar-refractivity contribution is 5.34. The van der Waals surface area contributed by atoms with E-state index >= 15 is 0 Å². The van der Waals surface area contributed by atoms with Gasteiger partial charge >= 0.3 is 0 Å². The van der Waals surface area contributed by atoms with E-state index in [1.807, 2.05) is 0 Å². The highest BCUT2D eigenvalue weighted by Gasteiger charge is 2.15. The van der Waals surface area contributed by atoms with Crippen LogP contribution in [0.5, 0.6) is 5.75 Å². The molecule has 2 rings (SSSR count). The summed E-state index contributed by atoms with van der Waals surface area (Å²) in [6.45, 7) is 0.319. The van der Waals surface area contributed by atoms with E-state index in [2.05, 4.69) is 0 Å². The summed E-state index contributed by atoms with van der Waals surface area (Å²) in [5.41, 5.74) is 6.37. The number of nitrogens with two attached hydrogens (primary N) is 1. The molecule has 17 heavy (non-hydrogen) atoms. The van der Waals surface area contributed by atoms with Crippen LogP contribution in [0.4, 0.5) is 4.39 Å². The molecular weight excluding hydrogens is 217 g/mol. The molecule has 0 saturated heterocycles. The van der Waals surface area contributed by atoms with E-state index in [-0.39, 0.29) is 11.9 Å². The minimum Gasteiger partial charge on any atom is -0.490 e. The molecule has 3 heteroatoms. The van der Waals surface area contributed by atoms with Gasteiger partial charge in [-0.25, -0.2) is 4.39 Å². The summed E-state index contributed by atoms with van der Waals surface area (Å²) in [4.78, 5) is 0. The second-order valence-corrected chi connectivity index (χ2v) is 4.69. The molecule has 0 heterocycles. The predicted molar refractivity (Wildman–Crippen MR) is 66.4 cm³/mol. The highest BCUT2D eigenvalue weighted by Crippen LogP contribution is 2.25. The van der Waals surface area contributed by atoms with Gasteiger partial charge in [0.2, 0.25) is 0 Å². The van der Waals surface area contributed by atoms with Crippen molar-refractivity contribution in [3.8, 4) is 5.75 Å². The Kier molecular flexibility index (Phi) is 4.37. The van der Waals surface area contributed by atoms with Gasteiger partial charge < -0.3 is 10.5 Å². The average Bonchev–Trinajstić information content (AvgIpc) is 2.60. The minimum atomic E-state index is -0.251. The number of halogens is 1. The molecule has 1 aliphatic carbocycles. The van der Waals surface area contributed by atoms with Crippen molar-refractivity contribution in [3.05, 3.63) is 29.6 Å². The number of hydrogen-bond acceptors (Lipinski definition) is 2. The summed E-state index contributed by atoms with van der Waals surface area (Å²) in [6.07, 6.45) is 7.52. The van der Waals surface area contributed by atoms with Crippen molar-refractivity contribution in [1.29, 1.82) is 0 Å². The fourth-order valence-corrected chi connectivity index (χ4v) is 2.36. The molecule has 94 valence electrons. The van der Waals surface area contributed by atoms with E-state index in [9.17, 15) is 4.39 Å². The smallest absolute Gasteiger partial charge is 0.124 e. The summed E-state index contributed by atoms with van der Waals surface area (Å²) in [7, 11) is 0. The van der Waals surface area contributed by atoms with E-state index in [0.29, 0.717) is 6.54 Å². The van der Waals surface area contributed by atoms with Gasteiger partial charge in [-0.3, -0.25) is 0 Å². The molecule has 1 aromatic rings. The van der Waals surface area contributed by atoms with Crippen molar-refractivity contribution in [3.63, 3.8) is 0 Å². The van der Waals surface area contributed by atoms with Gasteiger partial charge in [0.15, 0.2) is 0 Å². The van der Waals surface area contributed by atoms with Crippen LogP contribution in [-0.2, 0) is 6.54 Å². The maximum atomic E-state index is 13.1. The van der Waals surface area contributed by atoms with Crippen molar-refractivity contribution in [2.45, 2.75) is 51.2 Å². The molecule has 0 amide bonds. The maximum Gasteiger partial charge on any atom is 0.124 e. The summed E-state index contributed by atoms with van der Waals surface area (Å²) in [6, 6.07) is 4.60. The van der Waals surface area contributed by atoms with Gasteiger partial charge in [-0.05, 0) is 43.9 Å². The molecule has 1 aromatic carbocycles. The monoisotopic (exact) mass is 237 g/mol. The van der Waals surface area contributed by atoms with Crippen LogP contribution in [0.25, 0.3) is 0 Å². The van der Waals surface area contributed by atoms with E-state index in [4.69, 9.17) is 10.5 Å². The lowest BCUT2D eigenvalue weighted by Gasteiger charge is -2.19. The number of hydrogen-bond donors (Lipinski definition) is 1. The van der Waals surface area contributed by atoms with Gasteiger partial charge in [-0.15, -0.1) is 0 Å². The first-order valence-corrected chi connectivity index (χ1v) is 6.45. The van der Waals surface area contributed by atoms with E-state index < -0.39 is 0 Å². The van der Waals surface area contributed by atoms with Crippen LogP contribution in [0, 0.1) is 5.82 Å². The first-order valence-electron chi connectivity index (χ1n) is 6.45. The van der Waals surface area contributed by atoms with Gasteiger partial charge in [-0.1, -0.05) is 12.8 Å². The molecule has 0 radical (unpaired) electrons. The topological polar surface area (TPSA) is 35.2 Å². The van der Waals surface area contributed by atoms with Crippen molar-refractivity contribution < 1.29 is 9.13 Å². The molecule has 1 aliphatic rings. The lowest BCUT2D eigenvalue weighted by Crippen LogP contribution is -2.16. The van der Waals surface area contributed by atoms with Crippen LogP contribution in [-0.4, -0.2) is 6.10 Å². The Hall–Kier alpha value is -1.09. The van der Waals surface area contributed by atoms with Crippen LogP contribution in [0.15, 0.2) is 18.2 Å². The Morgan fingerprint density at radius 1 is 1.18 bits per heavy atom. The zero-order valence-electron chi connectivity index (χ0n) is 10.1. The molecule has 0 aliphatic heterocycles. The normalized spacial score (nSPS) is 17.8. The fraction of sp³-hybridized carbons (Fsp3) is 0.571. The van der Waals surface area contributed by atoms with Crippen molar-refractivity contribution in [1.82, 2.24) is 0 Å². The van der Waals surface area contributed by atoms with Gasteiger partial charge in [0.1, 0.15) is 11.6 Å². The Bertz CT molecular complexity index is 359. The summed E-state index contributed by atoms with van der Waals surface area (Å²) < 4.78 is 19.0. The van der Waals surface area contributed by atoms with Crippen molar-refractivity contribution >= 4 is 0 Å². The lowest BCUT2D eigenvalue weighted by atomic mass is 10.1. The molecule has 0 atom stereocenters. The van der Waals surface area contributed by atoms with E-state index in [0.717, 1.165) is 24.2 Å². The Morgan fingerprint density at radius 3 is 2.53 bits per heavy atom. The van der Waals surface area contributed by atoms with Crippen LogP contribution < -0.4 is 10.5 Å². The predicted octanol–water partition coefficient (Wildman–Crippen LogP) is 3.39. The van der Waals surface area contributed by atoms with Gasteiger partial charge in [0.25, 0.3) is 0 Å². The molecule has 2 nitrogen and oxygen atoms in total. The zero-order chi connectivity index (χ0) is 12.1. The molecule has 1 saturated carbocycles. The third-order valence-corrected chi connectivity index (χ3v) is 3.34. The maximum absolute atomic E-state index is 13.1. The first-order chi connectivity index (χ1) is 8.29. The zero-order valence-corrected chi connectivity index (χ0v) is 10.1. The largest absolute Gasteiger partial charge is 0.490 e. The molecule has 0 bridgehead atoms. The van der Waals surface area contributed by atoms with Crippen LogP contribution >= 0.6 is 0 Å². The molecular formula is C14H20FNO. The standard InChI is InChI=1S/C14H20FNO/c15-12-7-8-14(11(9-12)10-16)17-13-5-3-1-2-4-6-13/h7-9,13H,1-6,10,16H2. The Morgan fingerprint density at radius 2 is 1.88 bits per heavy atom. The molecule has 0 aromatic heterocycles. The van der Waals surface area contributed by atoms with Gasteiger partial charge in [0, 0.05) is 12.1 Å². The third kappa shape index (κ3) is 3.43. The quantitative estimate of drug-likeness (QED) is 0.818. The van der Waals surface area contributed by atoms with Crippen LogP contribution in [0.1, 0.15) is 44.1 Å². The average molecular weight is 237 g/mol. The Labute approximate surface area is 102 Å².